The number of rotatable bonds is 3. The highest BCUT2D eigenvalue weighted by Gasteiger charge is 2.07. The zero-order chi connectivity index (χ0) is 11.5. The molecule has 0 radical (unpaired) electrons. The standard InChI is InChI=1S/C10H8BrFN2O2/c1-6-13-10(16-14-6)5-15-9-3-2-7(11)4-8(9)12/h2-4H,5H2,1H3. The van der Waals surface area contributed by atoms with Crippen LogP contribution in [0.5, 0.6) is 5.75 Å². The highest BCUT2D eigenvalue weighted by Crippen LogP contribution is 2.22. The fourth-order valence-corrected chi connectivity index (χ4v) is 1.46. The van der Waals surface area contributed by atoms with Crippen LogP contribution >= 0.6 is 15.9 Å². The van der Waals surface area contributed by atoms with Crippen molar-refractivity contribution in [3.05, 3.63) is 40.2 Å². The lowest BCUT2D eigenvalue weighted by Crippen LogP contribution is -1.97. The van der Waals surface area contributed by atoms with Crippen molar-refractivity contribution in [2.45, 2.75) is 13.5 Å². The molecular weight excluding hydrogens is 279 g/mol. The van der Waals surface area contributed by atoms with E-state index in [1.807, 2.05) is 0 Å². The number of nitrogens with zero attached hydrogens (tertiary/aromatic N) is 2. The van der Waals surface area contributed by atoms with Crippen molar-refractivity contribution in [3.63, 3.8) is 0 Å². The second-order valence-electron chi connectivity index (χ2n) is 3.10. The van der Waals surface area contributed by atoms with Crippen molar-refractivity contribution < 1.29 is 13.7 Å². The van der Waals surface area contributed by atoms with E-state index in [4.69, 9.17) is 9.26 Å². The summed E-state index contributed by atoms with van der Waals surface area (Å²) in [6, 6.07) is 4.55. The molecule has 1 aromatic carbocycles. The molecule has 0 saturated heterocycles. The van der Waals surface area contributed by atoms with Crippen LogP contribution < -0.4 is 4.74 Å². The largest absolute Gasteiger partial charge is 0.481 e. The Labute approximate surface area is 99.5 Å². The first-order valence-electron chi connectivity index (χ1n) is 4.52. The molecule has 1 aromatic heterocycles. The van der Waals surface area contributed by atoms with Crippen LogP contribution in [-0.4, -0.2) is 10.1 Å². The van der Waals surface area contributed by atoms with Crippen molar-refractivity contribution in [2.75, 3.05) is 0 Å². The number of aromatic nitrogens is 2. The zero-order valence-electron chi connectivity index (χ0n) is 8.41. The maximum atomic E-state index is 13.3. The van der Waals surface area contributed by atoms with Gasteiger partial charge in [0.15, 0.2) is 24.0 Å². The number of aryl methyl sites for hydroxylation is 1. The summed E-state index contributed by atoms with van der Waals surface area (Å²) in [6.45, 7) is 1.76. The summed E-state index contributed by atoms with van der Waals surface area (Å²) in [5.41, 5.74) is 0. The van der Waals surface area contributed by atoms with Gasteiger partial charge in [0.2, 0.25) is 0 Å². The summed E-state index contributed by atoms with van der Waals surface area (Å²) in [5.74, 6) is 0.555. The van der Waals surface area contributed by atoms with Gasteiger partial charge in [0.05, 0.1) is 0 Å². The topological polar surface area (TPSA) is 48.2 Å². The first-order valence-corrected chi connectivity index (χ1v) is 5.31. The van der Waals surface area contributed by atoms with Crippen molar-refractivity contribution in [1.82, 2.24) is 10.1 Å². The maximum absolute atomic E-state index is 13.3. The van der Waals surface area contributed by atoms with E-state index in [-0.39, 0.29) is 12.4 Å². The molecule has 4 nitrogen and oxygen atoms in total. The Balaban J connectivity index is 2.04. The molecule has 0 atom stereocenters. The molecule has 0 aliphatic heterocycles. The third kappa shape index (κ3) is 2.57. The average Bonchev–Trinajstić information content (AvgIpc) is 2.63. The highest BCUT2D eigenvalue weighted by molar-refractivity contribution is 9.10. The fourth-order valence-electron chi connectivity index (χ4n) is 1.13. The molecule has 1 heterocycles. The molecule has 2 rings (SSSR count). The van der Waals surface area contributed by atoms with Gasteiger partial charge in [0.25, 0.3) is 5.89 Å². The Kier molecular flexibility index (Phi) is 3.19. The predicted molar refractivity (Wildman–Crippen MR) is 57.5 cm³/mol. The van der Waals surface area contributed by atoms with Crippen molar-refractivity contribution in [1.29, 1.82) is 0 Å². The Morgan fingerprint density at radius 2 is 2.31 bits per heavy atom. The highest BCUT2D eigenvalue weighted by atomic mass is 79.9. The van der Waals surface area contributed by atoms with Gasteiger partial charge in [-0.2, -0.15) is 4.98 Å². The third-order valence-electron chi connectivity index (χ3n) is 1.81. The van der Waals surface area contributed by atoms with E-state index >= 15 is 0 Å². The van der Waals surface area contributed by atoms with Gasteiger partial charge in [-0.25, -0.2) is 4.39 Å². The SMILES string of the molecule is Cc1noc(COc2ccc(Br)cc2F)n1. The van der Waals surface area contributed by atoms with Crippen molar-refractivity contribution in [2.24, 2.45) is 0 Å². The molecule has 0 spiro atoms. The minimum absolute atomic E-state index is 0.0550. The van der Waals surface area contributed by atoms with Gasteiger partial charge >= 0.3 is 0 Å². The fraction of sp³-hybridized carbons (Fsp3) is 0.200. The first-order chi connectivity index (χ1) is 7.65. The molecule has 0 bridgehead atoms. The lowest BCUT2D eigenvalue weighted by molar-refractivity contribution is 0.234. The third-order valence-corrected chi connectivity index (χ3v) is 2.31. The van der Waals surface area contributed by atoms with Crippen molar-refractivity contribution >= 4 is 15.9 Å². The minimum Gasteiger partial charge on any atom is -0.481 e. The van der Waals surface area contributed by atoms with Crippen LogP contribution in [0.25, 0.3) is 0 Å². The Morgan fingerprint density at radius 3 is 2.94 bits per heavy atom. The maximum Gasteiger partial charge on any atom is 0.264 e. The predicted octanol–water partition coefficient (Wildman–Crippen LogP) is 2.86. The molecule has 0 fully saturated rings. The van der Waals surface area contributed by atoms with Crippen LogP contribution in [0.1, 0.15) is 11.7 Å². The summed E-state index contributed by atoms with van der Waals surface area (Å²) < 4.78 is 24.0. The first kappa shape index (κ1) is 11.1. The van der Waals surface area contributed by atoms with Gasteiger partial charge in [-0.05, 0) is 25.1 Å². The van der Waals surface area contributed by atoms with E-state index in [0.717, 1.165) is 0 Å². The molecular formula is C10H8BrFN2O2. The van der Waals surface area contributed by atoms with Crippen LogP contribution in [0.15, 0.2) is 27.2 Å². The van der Waals surface area contributed by atoms with Gasteiger partial charge < -0.3 is 9.26 Å². The van der Waals surface area contributed by atoms with E-state index in [2.05, 4.69) is 26.1 Å². The lowest BCUT2D eigenvalue weighted by atomic mass is 10.3. The summed E-state index contributed by atoms with van der Waals surface area (Å²) in [7, 11) is 0. The number of hydrogen-bond acceptors (Lipinski definition) is 4. The average molecular weight is 287 g/mol. The smallest absolute Gasteiger partial charge is 0.264 e. The molecule has 2 aromatic rings. The van der Waals surface area contributed by atoms with E-state index in [0.29, 0.717) is 16.2 Å². The quantitative estimate of drug-likeness (QED) is 0.871. The molecule has 84 valence electrons. The normalized spacial score (nSPS) is 10.4. The van der Waals surface area contributed by atoms with Gasteiger partial charge in [0.1, 0.15) is 0 Å². The molecule has 0 N–H and O–H groups in total. The van der Waals surface area contributed by atoms with Crippen LogP contribution in [0, 0.1) is 12.7 Å². The van der Waals surface area contributed by atoms with E-state index in [1.165, 1.54) is 12.1 Å². The number of hydrogen-bond donors (Lipinski definition) is 0. The number of ether oxygens (including phenoxy) is 1. The molecule has 0 aliphatic rings. The Morgan fingerprint density at radius 1 is 1.50 bits per heavy atom. The lowest BCUT2D eigenvalue weighted by Gasteiger charge is -2.04. The minimum atomic E-state index is -0.439. The van der Waals surface area contributed by atoms with Gasteiger partial charge in [-0.1, -0.05) is 21.1 Å². The van der Waals surface area contributed by atoms with E-state index in [1.54, 1.807) is 13.0 Å². The zero-order valence-corrected chi connectivity index (χ0v) is 9.99. The summed E-state index contributed by atoms with van der Waals surface area (Å²) >= 11 is 3.16. The molecule has 16 heavy (non-hydrogen) atoms. The monoisotopic (exact) mass is 286 g/mol. The van der Waals surface area contributed by atoms with Crippen LogP contribution in [0.3, 0.4) is 0 Å². The van der Waals surface area contributed by atoms with Crippen LogP contribution in [0.2, 0.25) is 0 Å². The molecule has 6 heteroatoms. The van der Waals surface area contributed by atoms with E-state index in [9.17, 15) is 4.39 Å². The Bertz CT molecular complexity index is 501. The molecule has 0 unspecified atom stereocenters. The second kappa shape index (κ2) is 4.61. The number of benzene rings is 1. The molecule has 0 aliphatic carbocycles. The summed E-state index contributed by atoms with van der Waals surface area (Å²) in [6.07, 6.45) is 0. The second-order valence-corrected chi connectivity index (χ2v) is 4.01. The van der Waals surface area contributed by atoms with Gasteiger partial charge in [0, 0.05) is 4.47 Å². The van der Waals surface area contributed by atoms with Crippen molar-refractivity contribution in [3.8, 4) is 5.75 Å². The van der Waals surface area contributed by atoms with E-state index < -0.39 is 5.82 Å². The Hall–Kier alpha value is -1.43. The number of halogens is 2. The summed E-state index contributed by atoms with van der Waals surface area (Å²) in [5, 5.41) is 3.60. The molecule has 0 amide bonds. The molecule has 0 saturated carbocycles. The summed E-state index contributed by atoms with van der Waals surface area (Å²) in [4.78, 5) is 3.94. The van der Waals surface area contributed by atoms with Gasteiger partial charge in [-0.3, -0.25) is 0 Å². The van der Waals surface area contributed by atoms with Crippen LogP contribution in [0.4, 0.5) is 4.39 Å². The van der Waals surface area contributed by atoms with Crippen LogP contribution in [-0.2, 0) is 6.61 Å². The van der Waals surface area contributed by atoms with Gasteiger partial charge in [-0.15, -0.1) is 0 Å².